The highest BCUT2D eigenvalue weighted by Gasteiger charge is 2.41. The summed E-state index contributed by atoms with van der Waals surface area (Å²) in [6, 6.07) is 15.6. The fourth-order valence-electron chi connectivity index (χ4n) is 2.97. The van der Waals surface area contributed by atoms with E-state index in [1.807, 2.05) is 30.3 Å². The van der Waals surface area contributed by atoms with E-state index >= 15 is 0 Å². The van der Waals surface area contributed by atoms with E-state index in [1.165, 1.54) is 0 Å². The summed E-state index contributed by atoms with van der Waals surface area (Å²) >= 11 is 0. The van der Waals surface area contributed by atoms with Gasteiger partial charge in [0.2, 0.25) is 0 Å². The largest absolute Gasteiger partial charge is 0.497 e. The average Bonchev–Trinajstić information content (AvgIpc) is 3.13. The quantitative estimate of drug-likeness (QED) is 0.639. The second-order valence-electron chi connectivity index (χ2n) is 5.81. The first kappa shape index (κ1) is 17.7. The number of benzene rings is 2. The summed E-state index contributed by atoms with van der Waals surface area (Å²) in [6.45, 7) is 1.98. The third-order valence-corrected chi connectivity index (χ3v) is 4.25. The summed E-state index contributed by atoms with van der Waals surface area (Å²) in [7, 11) is 1.57. The number of Topliss-reactive ketones (excluding diaryl/α,β-unsaturated/α-hetero) is 1. The van der Waals surface area contributed by atoms with Crippen molar-refractivity contribution in [3.63, 3.8) is 0 Å². The minimum atomic E-state index is -0.676. The van der Waals surface area contributed by atoms with Crippen LogP contribution in [0.3, 0.4) is 0 Å². The Labute approximate surface area is 151 Å². The Morgan fingerprint density at radius 3 is 2.38 bits per heavy atom. The van der Waals surface area contributed by atoms with E-state index in [2.05, 4.69) is 10.5 Å². The number of methoxy groups -OCH3 is 1. The summed E-state index contributed by atoms with van der Waals surface area (Å²) in [5, 5.41) is 4.12. The standard InChI is InChI=1S/C20H20N2O4/c1-3-26-20(24)18-16(13-7-5-4-6-8-13)17(21-22-18)19(23)14-9-11-15(25-2)12-10-14/h4-12,16-17,21H,3H2,1-2H3/t16-,17-/m0/s1. The number of carbonyl (C=O) groups excluding carboxylic acids is 2. The first-order chi connectivity index (χ1) is 12.7. The Morgan fingerprint density at radius 2 is 1.77 bits per heavy atom. The number of ketones is 1. The van der Waals surface area contributed by atoms with Crippen molar-refractivity contribution in [2.45, 2.75) is 18.9 Å². The molecule has 3 rings (SSSR count). The third kappa shape index (κ3) is 3.44. The molecule has 0 bridgehead atoms. The van der Waals surface area contributed by atoms with Crippen molar-refractivity contribution in [1.29, 1.82) is 0 Å². The van der Waals surface area contributed by atoms with Gasteiger partial charge in [0.15, 0.2) is 11.5 Å². The molecule has 2 aromatic rings. The van der Waals surface area contributed by atoms with Crippen molar-refractivity contribution in [3.8, 4) is 5.75 Å². The van der Waals surface area contributed by atoms with Crippen molar-refractivity contribution >= 4 is 17.5 Å². The SMILES string of the molecule is CCOC(=O)C1=NN[C@H](C(=O)c2ccc(OC)cc2)[C@@H]1c1ccccc1. The molecule has 26 heavy (non-hydrogen) atoms. The summed E-state index contributed by atoms with van der Waals surface area (Å²) in [5.41, 5.74) is 4.39. The molecule has 0 radical (unpaired) electrons. The highest BCUT2D eigenvalue weighted by atomic mass is 16.5. The predicted octanol–water partition coefficient (Wildman–Crippen LogP) is 2.55. The maximum Gasteiger partial charge on any atom is 0.355 e. The lowest BCUT2D eigenvalue weighted by molar-refractivity contribution is -0.135. The second-order valence-corrected chi connectivity index (χ2v) is 5.81. The Bertz CT molecular complexity index is 815. The molecule has 2 aromatic carbocycles. The number of nitrogens with zero attached hydrogens (tertiary/aromatic N) is 1. The number of nitrogens with one attached hydrogen (secondary N) is 1. The van der Waals surface area contributed by atoms with Gasteiger partial charge in [0.25, 0.3) is 0 Å². The normalized spacial score (nSPS) is 18.6. The topological polar surface area (TPSA) is 77.0 Å². The van der Waals surface area contributed by atoms with Crippen LogP contribution >= 0.6 is 0 Å². The van der Waals surface area contributed by atoms with E-state index in [0.717, 1.165) is 5.56 Å². The molecule has 0 saturated carbocycles. The maximum atomic E-state index is 13.0. The number of esters is 1. The zero-order chi connectivity index (χ0) is 18.5. The number of ether oxygens (including phenoxy) is 2. The monoisotopic (exact) mass is 352 g/mol. The first-order valence-corrected chi connectivity index (χ1v) is 8.39. The van der Waals surface area contributed by atoms with Crippen LogP contribution in [0.25, 0.3) is 0 Å². The molecule has 0 fully saturated rings. The van der Waals surface area contributed by atoms with Gasteiger partial charge in [-0.25, -0.2) is 4.79 Å². The van der Waals surface area contributed by atoms with Gasteiger partial charge in [0, 0.05) is 5.56 Å². The van der Waals surface area contributed by atoms with Crippen LogP contribution in [0, 0.1) is 0 Å². The highest BCUT2D eigenvalue weighted by molar-refractivity contribution is 6.40. The van der Waals surface area contributed by atoms with Crippen LogP contribution in [0.15, 0.2) is 59.7 Å². The fourth-order valence-corrected chi connectivity index (χ4v) is 2.97. The molecule has 0 amide bonds. The number of hydrazone groups is 1. The van der Waals surface area contributed by atoms with Crippen molar-refractivity contribution in [3.05, 3.63) is 65.7 Å². The highest BCUT2D eigenvalue weighted by Crippen LogP contribution is 2.29. The molecule has 6 heteroatoms. The third-order valence-electron chi connectivity index (χ3n) is 4.25. The molecule has 0 saturated heterocycles. The number of hydrogen-bond acceptors (Lipinski definition) is 6. The van der Waals surface area contributed by atoms with Crippen molar-refractivity contribution in [2.24, 2.45) is 5.10 Å². The Morgan fingerprint density at radius 1 is 1.08 bits per heavy atom. The number of carbonyl (C=O) groups is 2. The van der Waals surface area contributed by atoms with Crippen LogP contribution in [-0.2, 0) is 9.53 Å². The van der Waals surface area contributed by atoms with Crippen molar-refractivity contribution in [1.82, 2.24) is 5.43 Å². The van der Waals surface area contributed by atoms with Crippen LogP contribution in [0.1, 0.15) is 28.8 Å². The molecule has 2 atom stereocenters. The smallest absolute Gasteiger partial charge is 0.355 e. The van der Waals surface area contributed by atoms with E-state index in [0.29, 0.717) is 11.3 Å². The van der Waals surface area contributed by atoms with Gasteiger partial charge in [0.05, 0.1) is 19.6 Å². The van der Waals surface area contributed by atoms with Crippen LogP contribution in [0.4, 0.5) is 0 Å². The predicted molar refractivity (Wildman–Crippen MR) is 97.5 cm³/mol. The zero-order valence-electron chi connectivity index (χ0n) is 14.6. The molecule has 1 aliphatic rings. The summed E-state index contributed by atoms with van der Waals surface area (Å²) in [6.07, 6.45) is 0. The molecule has 134 valence electrons. The van der Waals surface area contributed by atoms with Crippen LogP contribution < -0.4 is 10.2 Å². The molecule has 1 heterocycles. The van der Waals surface area contributed by atoms with E-state index in [-0.39, 0.29) is 18.1 Å². The van der Waals surface area contributed by atoms with E-state index in [1.54, 1.807) is 38.3 Å². The molecule has 1 aliphatic heterocycles. The molecule has 0 spiro atoms. The van der Waals surface area contributed by atoms with Crippen molar-refractivity contribution in [2.75, 3.05) is 13.7 Å². The van der Waals surface area contributed by atoms with Gasteiger partial charge >= 0.3 is 5.97 Å². The minimum absolute atomic E-state index is 0.149. The fraction of sp³-hybridized carbons (Fsp3) is 0.250. The molecule has 6 nitrogen and oxygen atoms in total. The molecule has 1 N–H and O–H groups in total. The Hall–Kier alpha value is -3.15. The Balaban J connectivity index is 1.92. The van der Waals surface area contributed by atoms with Gasteiger partial charge in [-0.15, -0.1) is 0 Å². The molecule has 0 unspecified atom stereocenters. The lowest BCUT2D eigenvalue weighted by Gasteiger charge is -2.19. The first-order valence-electron chi connectivity index (χ1n) is 8.39. The average molecular weight is 352 g/mol. The second kappa shape index (κ2) is 7.82. The zero-order valence-corrected chi connectivity index (χ0v) is 14.6. The van der Waals surface area contributed by atoms with Gasteiger partial charge < -0.3 is 9.47 Å². The summed E-state index contributed by atoms with van der Waals surface area (Å²) in [4.78, 5) is 25.3. The molecule has 0 aromatic heterocycles. The molecular weight excluding hydrogens is 332 g/mol. The van der Waals surface area contributed by atoms with Crippen LogP contribution in [0.5, 0.6) is 5.75 Å². The van der Waals surface area contributed by atoms with Crippen LogP contribution in [-0.4, -0.2) is 37.2 Å². The van der Waals surface area contributed by atoms with E-state index in [4.69, 9.17) is 9.47 Å². The summed E-state index contributed by atoms with van der Waals surface area (Å²) in [5.74, 6) is -0.503. The Kier molecular flexibility index (Phi) is 5.31. The minimum Gasteiger partial charge on any atom is -0.497 e. The van der Waals surface area contributed by atoms with Gasteiger partial charge in [-0.3, -0.25) is 10.2 Å². The van der Waals surface area contributed by atoms with Gasteiger partial charge in [0.1, 0.15) is 11.8 Å². The van der Waals surface area contributed by atoms with Gasteiger partial charge in [-0.1, -0.05) is 30.3 Å². The van der Waals surface area contributed by atoms with E-state index in [9.17, 15) is 9.59 Å². The number of rotatable bonds is 6. The van der Waals surface area contributed by atoms with Crippen molar-refractivity contribution < 1.29 is 19.1 Å². The van der Waals surface area contributed by atoms with Crippen LogP contribution in [0.2, 0.25) is 0 Å². The lowest BCUT2D eigenvalue weighted by atomic mass is 9.84. The number of hydrogen-bond donors (Lipinski definition) is 1. The van der Waals surface area contributed by atoms with E-state index < -0.39 is 17.9 Å². The molecular formula is C20H20N2O4. The molecule has 0 aliphatic carbocycles. The maximum absolute atomic E-state index is 13.0. The lowest BCUT2D eigenvalue weighted by Crippen LogP contribution is -2.37. The summed E-state index contributed by atoms with van der Waals surface area (Å²) < 4.78 is 10.2. The van der Waals surface area contributed by atoms with Gasteiger partial charge in [-0.2, -0.15) is 5.10 Å². The van der Waals surface area contributed by atoms with Gasteiger partial charge in [-0.05, 0) is 36.8 Å².